The van der Waals surface area contributed by atoms with Crippen molar-refractivity contribution in [2.24, 2.45) is 0 Å². The zero-order chi connectivity index (χ0) is 17.9. The van der Waals surface area contributed by atoms with Gasteiger partial charge in [0.05, 0.1) is 0 Å². The van der Waals surface area contributed by atoms with Gasteiger partial charge in [0.2, 0.25) is 0 Å². The maximum atomic E-state index is 13.1. The average molecular weight is 354 g/mol. The van der Waals surface area contributed by atoms with E-state index in [2.05, 4.69) is 11.0 Å². The van der Waals surface area contributed by atoms with Gasteiger partial charge in [0.15, 0.2) is 6.10 Å². The fourth-order valence-electron chi connectivity index (χ4n) is 3.75. The number of hydrogen-bond donors (Lipinski definition) is 0. The fourth-order valence-corrected chi connectivity index (χ4v) is 3.75. The molecular formula is C21H23FN2O2. The van der Waals surface area contributed by atoms with Crippen LogP contribution in [0.5, 0.6) is 5.75 Å². The normalized spacial score (nSPS) is 20.1. The minimum Gasteiger partial charge on any atom is -0.480 e. The largest absolute Gasteiger partial charge is 0.480 e. The number of nitrogens with zero attached hydrogens (tertiary/aromatic N) is 2. The van der Waals surface area contributed by atoms with Crippen molar-refractivity contribution in [1.29, 1.82) is 0 Å². The van der Waals surface area contributed by atoms with Crippen molar-refractivity contribution in [3.63, 3.8) is 0 Å². The van der Waals surface area contributed by atoms with Crippen molar-refractivity contribution >= 4 is 11.6 Å². The van der Waals surface area contributed by atoms with Crippen LogP contribution in [0.4, 0.5) is 10.1 Å². The highest BCUT2D eigenvalue weighted by Gasteiger charge is 2.30. The molecule has 0 aromatic heterocycles. The molecule has 1 fully saturated rings. The molecule has 0 bridgehead atoms. The zero-order valence-electron chi connectivity index (χ0n) is 14.7. The zero-order valence-corrected chi connectivity index (χ0v) is 14.7. The quantitative estimate of drug-likeness (QED) is 0.830. The molecule has 0 N–H and O–H groups in total. The molecule has 1 saturated heterocycles. The van der Waals surface area contributed by atoms with Crippen LogP contribution in [-0.2, 0) is 11.2 Å². The number of aryl methyl sites for hydroxylation is 1. The summed E-state index contributed by atoms with van der Waals surface area (Å²) in [5, 5.41) is 0. The third-order valence-corrected chi connectivity index (χ3v) is 5.19. The Morgan fingerprint density at radius 3 is 2.65 bits per heavy atom. The number of anilines is 1. The maximum Gasteiger partial charge on any atom is 0.263 e. The standard InChI is InChI=1S/C21H23FN2O2/c22-17-7-9-18(10-8-17)23-12-3-13-24(15-14-23)21(25)20-11-6-16-4-1-2-5-19(16)26-20/h1-2,4-5,7-10,20H,3,6,11-15H2/t20-/m1/s1. The number of amides is 1. The Morgan fingerprint density at radius 1 is 1.00 bits per heavy atom. The number of benzene rings is 2. The van der Waals surface area contributed by atoms with Gasteiger partial charge in [-0.2, -0.15) is 0 Å². The summed E-state index contributed by atoms with van der Waals surface area (Å²) >= 11 is 0. The molecule has 2 heterocycles. The monoisotopic (exact) mass is 354 g/mol. The van der Waals surface area contributed by atoms with Gasteiger partial charge in [0, 0.05) is 31.9 Å². The molecule has 2 aromatic carbocycles. The van der Waals surface area contributed by atoms with Crippen molar-refractivity contribution in [3.05, 3.63) is 59.9 Å². The molecule has 4 nitrogen and oxygen atoms in total. The molecular weight excluding hydrogens is 331 g/mol. The second kappa shape index (κ2) is 7.36. The summed E-state index contributed by atoms with van der Waals surface area (Å²) in [6, 6.07) is 14.5. The molecule has 0 aliphatic carbocycles. The SMILES string of the molecule is O=C([C@H]1CCc2ccccc2O1)N1CCCN(c2ccc(F)cc2)CC1. The predicted octanol–water partition coefficient (Wildman–Crippen LogP) is 3.26. The third-order valence-electron chi connectivity index (χ3n) is 5.19. The molecule has 2 aromatic rings. The molecule has 2 aliphatic rings. The van der Waals surface area contributed by atoms with Crippen LogP contribution in [0, 0.1) is 5.82 Å². The molecule has 0 unspecified atom stereocenters. The van der Waals surface area contributed by atoms with Gasteiger partial charge in [0.1, 0.15) is 11.6 Å². The summed E-state index contributed by atoms with van der Waals surface area (Å²) < 4.78 is 19.1. The van der Waals surface area contributed by atoms with Crippen LogP contribution in [0.2, 0.25) is 0 Å². The highest BCUT2D eigenvalue weighted by molar-refractivity contribution is 5.81. The van der Waals surface area contributed by atoms with Crippen LogP contribution in [0.1, 0.15) is 18.4 Å². The molecule has 26 heavy (non-hydrogen) atoms. The highest BCUT2D eigenvalue weighted by Crippen LogP contribution is 2.28. The summed E-state index contributed by atoms with van der Waals surface area (Å²) in [6.45, 7) is 3.01. The first-order chi connectivity index (χ1) is 12.7. The maximum absolute atomic E-state index is 13.1. The molecule has 5 heteroatoms. The smallest absolute Gasteiger partial charge is 0.263 e. The summed E-state index contributed by atoms with van der Waals surface area (Å²) in [6.07, 6.45) is 2.12. The Labute approximate surface area is 153 Å². The van der Waals surface area contributed by atoms with Crippen molar-refractivity contribution in [2.75, 3.05) is 31.1 Å². The van der Waals surface area contributed by atoms with Gasteiger partial charge in [-0.15, -0.1) is 0 Å². The van der Waals surface area contributed by atoms with E-state index in [1.54, 1.807) is 12.1 Å². The number of halogens is 1. The van der Waals surface area contributed by atoms with Crippen LogP contribution in [0.3, 0.4) is 0 Å². The number of hydrogen-bond acceptors (Lipinski definition) is 3. The van der Waals surface area contributed by atoms with Crippen LogP contribution >= 0.6 is 0 Å². The lowest BCUT2D eigenvalue weighted by Gasteiger charge is -2.30. The van der Waals surface area contributed by atoms with E-state index in [4.69, 9.17) is 4.74 Å². The summed E-state index contributed by atoms with van der Waals surface area (Å²) in [4.78, 5) is 17.1. The molecule has 0 saturated carbocycles. The van der Waals surface area contributed by atoms with Gasteiger partial charge in [-0.3, -0.25) is 4.79 Å². The second-order valence-electron chi connectivity index (χ2n) is 6.90. The van der Waals surface area contributed by atoms with E-state index >= 15 is 0 Å². The van der Waals surface area contributed by atoms with Gasteiger partial charge in [0.25, 0.3) is 5.91 Å². The molecule has 136 valence electrons. The minimum atomic E-state index is -0.387. The lowest BCUT2D eigenvalue weighted by Crippen LogP contribution is -2.45. The number of ether oxygens (including phenoxy) is 1. The summed E-state index contributed by atoms with van der Waals surface area (Å²) in [7, 11) is 0. The van der Waals surface area contributed by atoms with E-state index in [-0.39, 0.29) is 17.8 Å². The van der Waals surface area contributed by atoms with E-state index < -0.39 is 0 Å². The summed E-state index contributed by atoms with van der Waals surface area (Å²) in [5.41, 5.74) is 2.18. The lowest BCUT2D eigenvalue weighted by atomic mass is 10.0. The molecule has 1 amide bonds. The fraction of sp³-hybridized carbons (Fsp3) is 0.381. The Hall–Kier alpha value is -2.56. The van der Waals surface area contributed by atoms with E-state index in [0.717, 1.165) is 50.3 Å². The molecule has 2 aliphatic heterocycles. The van der Waals surface area contributed by atoms with Gasteiger partial charge in [-0.1, -0.05) is 18.2 Å². The third kappa shape index (κ3) is 3.52. The minimum absolute atomic E-state index is 0.0838. The Bertz CT molecular complexity index is 778. The Balaban J connectivity index is 1.39. The first-order valence-corrected chi connectivity index (χ1v) is 9.24. The number of fused-ring (bicyclic) bond motifs is 1. The molecule has 4 rings (SSSR count). The van der Waals surface area contributed by atoms with Crippen molar-refractivity contribution in [2.45, 2.75) is 25.4 Å². The van der Waals surface area contributed by atoms with Crippen molar-refractivity contribution < 1.29 is 13.9 Å². The second-order valence-corrected chi connectivity index (χ2v) is 6.90. The van der Waals surface area contributed by atoms with Crippen LogP contribution < -0.4 is 9.64 Å². The van der Waals surface area contributed by atoms with Crippen molar-refractivity contribution in [1.82, 2.24) is 4.90 Å². The van der Waals surface area contributed by atoms with Gasteiger partial charge >= 0.3 is 0 Å². The highest BCUT2D eigenvalue weighted by atomic mass is 19.1. The topological polar surface area (TPSA) is 32.8 Å². The van der Waals surface area contributed by atoms with E-state index in [1.807, 2.05) is 23.1 Å². The van der Waals surface area contributed by atoms with Crippen LogP contribution in [0.15, 0.2) is 48.5 Å². The number of para-hydroxylation sites is 1. The molecule has 1 atom stereocenters. The van der Waals surface area contributed by atoms with Crippen molar-refractivity contribution in [3.8, 4) is 5.75 Å². The van der Waals surface area contributed by atoms with Gasteiger partial charge in [-0.25, -0.2) is 4.39 Å². The first kappa shape index (κ1) is 16.9. The number of carbonyl (C=O) groups excluding carboxylic acids is 1. The Morgan fingerprint density at radius 2 is 1.81 bits per heavy atom. The van der Waals surface area contributed by atoms with E-state index in [1.165, 1.54) is 17.7 Å². The lowest BCUT2D eigenvalue weighted by molar-refractivity contribution is -0.139. The molecule has 0 spiro atoms. The van der Waals surface area contributed by atoms with Gasteiger partial charge < -0.3 is 14.5 Å². The molecule has 0 radical (unpaired) electrons. The number of rotatable bonds is 2. The van der Waals surface area contributed by atoms with Gasteiger partial charge in [-0.05, 0) is 55.2 Å². The predicted molar refractivity (Wildman–Crippen MR) is 99.0 cm³/mol. The number of carbonyl (C=O) groups is 1. The van der Waals surface area contributed by atoms with E-state index in [0.29, 0.717) is 6.54 Å². The summed E-state index contributed by atoms with van der Waals surface area (Å²) in [5.74, 6) is 0.690. The van der Waals surface area contributed by atoms with Crippen LogP contribution in [0.25, 0.3) is 0 Å². The van der Waals surface area contributed by atoms with Crippen LogP contribution in [-0.4, -0.2) is 43.1 Å². The first-order valence-electron chi connectivity index (χ1n) is 9.24. The Kier molecular flexibility index (Phi) is 4.78. The average Bonchev–Trinajstić information content (AvgIpc) is 2.94. The van der Waals surface area contributed by atoms with E-state index in [9.17, 15) is 9.18 Å².